The van der Waals surface area contributed by atoms with E-state index in [9.17, 15) is 4.79 Å². The third-order valence-electron chi connectivity index (χ3n) is 5.05. The number of carbonyl (C=O) groups is 1. The van der Waals surface area contributed by atoms with Crippen molar-refractivity contribution in [3.05, 3.63) is 58.6 Å². The first kappa shape index (κ1) is 20.2. The molecule has 0 aromatic heterocycles. The zero-order valence-electron chi connectivity index (χ0n) is 14.8. The minimum Gasteiger partial charge on any atom is -0.481 e. The lowest BCUT2D eigenvalue weighted by molar-refractivity contribution is -0.133. The molecule has 2 unspecified atom stereocenters. The lowest BCUT2D eigenvalue weighted by Crippen LogP contribution is -2.50. The molecule has 2 aromatic carbocycles. The van der Waals surface area contributed by atoms with Crippen LogP contribution in [-0.2, 0) is 4.79 Å². The quantitative estimate of drug-likeness (QED) is 0.434. The fourth-order valence-corrected chi connectivity index (χ4v) is 3.78. The summed E-state index contributed by atoms with van der Waals surface area (Å²) in [4.78, 5) is 12.0. The molecule has 7 heteroatoms. The Morgan fingerprint density at radius 2 is 1.04 bits per heavy atom. The van der Waals surface area contributed by atoms with Gasteiger partial charge in [0, 0.05) is 10.0 Å². The van der Waals surface area contributed by atoms with Crippen molar-refractivity contribution in [3.8, 4) is 11.5 Å². The summed E-state index contributed by atoms with van der Waals surface area (Å²) in [6.07, 6.45) is 1.07. The van der Waals surface area contributed by atoms with Gasteiger partial charge in [-0.05, 0) is 74.2 Å². The van der Waals surface area contributed by atoms with E-state index in [-0.39, 0.29) is 5.78 Å². The van der Waals surface area contributed by atoms with E-state index in [0.717, 1.165) is 0 Å². The lowest BCUT2D eigenvalue weighted by Gasteiger charge is -2.29. The first-order chi connectivity index (χ1) is 13.3. The van der Waals surface area contributed by atoms with Crippen molar-refractivity contribution in [1.29, 1.82) is 0 Å². The summed E-state index contributed by atoms with van der Waals surface area (Å²) in [5, 5.41) is 1.17. The Morgan fingerprint density at radius 1 is 0.714 bits per heavy atom. The number of carbonyl (C=O) groups excluding carboxylic acids is 1. The number of benzene rings is 2. The third-order valence-corrected chi connectivity index (χ3v) is 6.70. The minimum atomic E-state index is -0.858. The normalized spacial score (nSPS) is 20.7. The second-order valence-electron chi connectivity index (χ2n) is 7.38. The van der Waals surface area contributed by atoms with Gasteiger partial charge in [-0.1, -0.05) is 23.2 Å². The Kier molecular flexibility index (Phi) is 5.47. The van der Waals surface area contributed by atoms with Gasteiger partial charge in [-0.2, -0.15) is 0 Å². The average Bonchev–Trinajstić information content (AvgIpc) is 3.60. The van der Waals surface area contributed by atoms with Gasteiger partial charge in [0.05, 0.1) is 9.75 Å². The highest BCUT2D eigenvalue weighted by Gasteiger charge is 2.60. The molecule has 2 aliphatic carbocycles. The van der Waals surface area contributed by atoms with Crippen molar-refractivity contribution in [2.45, 2.75) is 47.6 Å². The highest BCUT2D eigenvalue weighted by Crippen LogP contribution is 2.51. The molecule has 2 aromatic rings. The molecular weight excluding hydrogens is 442 g/mol. The zero-order chi connectivity index (χ0) is 19.9. The van der Waals surface area contributed by atoms with Crippen LogP contribution in [0, 0.1) is 0 Å². The highest BCUT2D eigenvalue weighted by molar-refractivity contribution is 6.31. The molecule has 0 N–H and O–H groups in total. The summed E-state index contributed by atoms with van der Waals surface area (Å²) in [7, 11) is 0. The van der Waals surface area contributed by atoms with Crippen LogP contribution in [0.2, 0.25) is 10.0 Å². The molecule has 3 nitrogen and oxygen atoms in total. The van der Waals surface area contributed by atoms with E-state index >= 15 is 0 Å². The van der Waals surface area contributed by atoms with Crippen LogP contribution in [0.15, 0.2) is 48.5 Å². The number of alkyl halides is 2. The van der Waals surface area contributed by atoms with E-state index in [1.807, 2.05) is 0 Å². The van der Waals surface area contributed by atoms with Crippen molar-refractivity contribution in [3.63, 3.8) is 0 Å². The Labute approximate surface area is 183 Å². The summed E-state index contributed by atoms with van der Waals surface area (Å²) in [5.74, 6) is 0.809. The number of rotatable bonds is 8. The number of halogens is 4. The van der Waals surface area contributed by atoms with Gasteiger partial charge in [0.2, 0.25) is 5.78 Å². The van der Waals surface area contributed by atoms with Gasteiger partial charge >= 0.3 is 0 Å². The van der Waals surface area contributed by atoms with Gasteiger partial charge in [-0.25, -0.2) is 0 Å². The molecule has 0 aliphatic heterocycles. The van der Waals surface area contributed by atoms with Gasteiger partial charge in [-0.15, -0.1) is 23.2 Å². The molecule has 2 fully saturated rings. The predicted molar refractivity (Wildman–Crippen MR) is 112 cm³/mol. The molecule has 0 heterocycles. The van der Waals surface area contributed by atoms with E-state index in [1.165, 1.54) is 0 Å². The van der Waals surface area contributed by atoms with Gasteiger partial charge in [0.15, 0.2) is 12.2 Å². The summed E-state index contributed by atoms with van der Waals surface area (Å²) in [6.45, 7) is 0. The molecule has 0 amide bonds. The molecule has 28 heavy (non-hydrogen) atoms. The summed E-state index contributed by atoms with van der Waals surface area (Å²) in [6, 6.07) is 13.7. The maximum atomic E-state index is 13.5. The van der Waals surface area contributed by atoms with Crippen molar-refractivity contribution < 1.29 is 14.3 Å². The van der Waals surface area contributed by atoms with Crippen LogP contribution >= 0.6 is 46.4 Å². The number of ketones is 1. The van der Waals surface area contributed by atoms with Gasteiger partial charge in [-0.3, -0.25) is 4.79 Å². The topological polar surface area (TPSA) is 35.5 Å². The SMILES string of the molecule is O=C(C(Oc1ccc(Cl)cc1)C1(Cl)CC1)C(Oc1ccc(Cl)cc1)C1(Cl)CC1. The van der Waals surface area contributed by atoms with Crippen molar-refractivity contribution in [2.75, 3.05) is 0 Å². The fourth-order valence-electron chi connectivity index (χ4n) is 3.04. The molecule has 0 bridgehead atoms. The molecule has 0 radical (unpaired) electrons. The molecule has 148 valence electrons. The summed E-state index contributed by atoms with van der Waals surface area (Å²) < 4.78 is 12.0. The van der Waals surface area contributed by atoms with Crippen molar-refractivity contribution >= 4 is 52.2 Å². The third kappa shape index (κ3) is 4.38. The Hall–Kier alpha value is -1.13. The van der Waals surface area contributed by atoms with Crippen LogP contribution in [0.5, 0.6) is 11.5 Å². The van der Waals surface area contributed by atoms with Crippen molar-refractivity contribution in [1.82, 2.24) is 0 Å². The minimum absolute atomic E-state index is 0.245. The largest absolute Gasteiger partial charge is 0.481 e. The van der Waals surface area contributed by atoms with Crippen LogP contribution in [-0.4, -0.2) is 27.7 Å². The summed E-state index contributed by atoms with van der Waals surface area (Å²) >= 11 is 25.1. The van der Waals surface area contributed by atoms with Gasteiger partial charge in [0.25, 0.3) is 0 Å². The zero-order valence-corrected chi connectivity index (χ0v) is 17.9. The molecule has 2 aliphatic rings. The van der Waals surface area contributed by atoms with Gasteiger partial charge < -0.3 is 9.47 Å². The molecule has 0 saturated heterocycles. The van der Waals surface area contributed by atoms with Crippen LogP contribution in [0.4, 0.5) is 0 Å². The molecular formula is C21H18Cl4O3. The second kappa shape index (κ2) is 7.60. The average molecular weight is 460 g/mol. The van der Waals surface area contributed by atoms with E-state index in [1.54, 1.807) is 48.5 Å². The first-order valence-electron chi connectivity index (χ1n) is 9.05. The fraction of sp³-hybridized carbons (Fsp3) is 0.381. The van der Waals surface area contributed by atoms with E-state index in [2.05, 4.69) is 0 Å². The number of Topliss-reactive ketones (excluding diaryl/α,β-unsaturated/α-hetero) is 1. The predicted octanol–water partition coefficient (Wildman–Crippen LogP) is 6.30. The maximum Gasteiger partial charge on any atom is 0.217 e. The number of ether oxygens (including phenoxy) is 2. The highest BCUT2D eigenvalue weighted by atomic mass is 35.5. The second-order valence-corrected chi connectivity index (χ2v) is 9.75. The van der Waals surface area contributed by atoms with Crippen molar-refractivity contribution in [2.24, 2.45) is 0 Å². The smallest absolute Gasteiger partial charge is 0.217 e. The Balaban J connectivity index is 1.59. The Morgan fingerprint density at radius 3 is 1.32 bits per heavy atom. The molecule has 0 spiro atoms. The maximum absolute atomic E-state index is 13.5. The Bertz CT molecular complexity index is 787. The van der Waals surface area contributed by atoms with Crippen LogP contribution in [0.1, 0.15) is 25.7 Å². The van der Waals surface area contributed by atoms with E-state index < -0.39 is 22.0 Å². The van der Waals surface area contributed by atoms with Gasteiger partial charge in [0.1, 0.15) is 11.5 Å². The van der Waals surface area contributed by atoms with Crippen LogP contribution in [0.3, 0.4) is 0 Å². The standard InChI is InChI=1S/C21H18Cl4O3/c22-13-1-5-15(6-2-13)27-18(20(24)9-10-20)17(26)19(21(25)11-12-21)28-16-7-3-14(23)4-8-16/h1-8,18-19H,9-12H2. The monoisotopic (exact) mass is 458 g/mol. The summed E-state index contributed by atoms with van der Waals surface area (Å²) in [5.41, 5.74) is 0. The molecule has 4 rings (SSSR count). The van der Waals surface area contributed by atoms with Crippen LogP contribution in [0.25, 0.3) is 0 Å². The first-order valence-corrected chi connectivity index (χ1v) is 10.6. The van der Waals surface area contributed by atoms with Crippen LogP contribution < -0.4 is 9.47 Å². The molecule has 2 atom stereocenters. The molecule has 2 saturated carbocycles. The number of hydrogen-bond acceptors (Lipinski definition) is 3. The lowest BCUT2D eigenvalue weighted by atomic mass is 10.0. The van der Waals surface area contributed by atoms with E-state index in [4.69, 9.17) is 55.9 Å². The van der Waals surface area contributed by atoms with E-state index in [0.29, 0.717) is 47.2 Å². The number of hydrogen-bond donors (Lipinski definition) is 0.